The highest BCUT2D eigenvalue weighted by atomic mass is 32.2. The summed E-state index contributed by atoms with van der Waals surface area (Å²) in [6.45, 7) is 1.36. The number of hydrazone groups is 1. The lowest BCUT2D eigenvalue weighted by Gasteiger charge is -2.26. The van der Waals surface area contributed by atoms with E-state index in [1.807, 2.05) is 17.5 Å². The van der Waals surface area contributed by atoms with Gasteiger partial charge in [-0.3, -0.25) is 4.79 Å². The van der Waals surface area contributed by atoms with Crippen molar-refractivity contribution in [3.05, 3.63) is 52.2 Å². The Morgan fingerprint density at radius 2 is 2.04 bits per heavy atom. The second kappa shape index (κ2) is 7.87. The van der Waals surface area contributed by atoms with Crippen LogP contribution in [-0.4, -0.2) is 51.1 Å². The van der Waals surface area contributed by atoms with Gasteiger partial charge in [0.25, 0.3) is 5.91 Å². The third-order valence-corrected chi connectivity index (χ3v) is 6.31. The molecule has 0 bridgehead atoms. The molecule has 0 aliphatic carbocycles. The first-order valence-electron chi connectivity index (χ1n) is 7.62. The molecular weight excluding hydrogens is 362 g/mol. The SMILES string of the molecule is O=C(N/N=C/c1cccs1)c1cccc(S(=O)(=O)N2CCOCC2)c1. The van der Waals surface area contributed by atoms with Crippen molar-refractivity contribution in [1.82, 2.24) is 9.73 Å². The van der Waals surface area contributed by atoms with E-state index >= 15 is 0 Å². The van der Waals surface area contributed by atoms with Crippen molar-refractivity contribution in [2.75, 3.05) is 26.3 Å². The van der Waals surface area contributed by atoms with Crippen LogP contribution in [0.3, 0.4) is 0 Å². The molecule has 1 amide bonds. The first kappa shape index (κ1) is 17.7. The van der Waals surface area contributed by atoms with Crippen LogP contribution in [0.5, 0.6) is 0 Å². The van der Waals surface area contributed by atoms with Gasteiger partial charge in [-0.15, -0.1) is 11.3 Å². The van der Waals surface area contributed by atoms with E-state index in [1.54, 1.807) is 12.1 Å². The van der Waals surface area contributed by atoms with Crippen molar-refractivity contribution in [2.45, 2.75) is 4.90 Å². The third kappa shape index (κ3) is 4.31. The third-order valence-electron chi connectivity index (χ3n) is 3.61. The first-order chi connectivity index (χ1) is 12.1. The molecule has 132 valence electrons. The number of thiophene rings is 1. The number of hydrogen-bond acceptors (Lipinski definition) is 6. The Kier molecular flexibility index (Phi) is 5.59. The van der Waals surface area contributed by atoms with Gasteiger partial charge in [0.15, 0.2) is 0 Å². The summed E-state index contributed by atoms with van der Waals surface area (Å²) >= 11 is 1.50. The molecule has 0 atom stereocenters. The molecule has 1 aromatic heterocycles. The number of ether oxygens (including phenoxy) is 1. The summed E-state index contributed by atoms with van der Waals surface area (Å²) in [5, 5.41) is 5.79. The second-order valence-corrected chi connectivity index (χ2v) is 8.18. The molecule has 1 N–H and O–H groups in total. The molecule has 9 heteroatoms. The lowest BCUT2D eigenvalue weighted by atomic mass is 10.2. The van der Waals surface area contributed by atoms with E-state index < -0.39 is 15.9 Å². The fourth-order valence-corrected chi connectivity index (χ4v) is 4.36. The van der Waals surface area contributed by atoms with Gasteiger partial charge in [0.2, 0.25) is 10.0 Å². The van der Waals surface area contributed by atoms with Crippen LogP contribution in [-0.2, 0) is 14.8 Å². The summed E-state index contributed by atoms with van der Waals surface area (Å²) in [6, 6.07) is 9.69. The van der Waals surface area contributed by atoms with Crippen LogP contribution >= 0.6 is 11.3 Å². The Labute approximate surface area is 150 Å². The maximum absolute atomic E-state index is 12.6. The van der Waals surface area contributed by atoms with E-state index in [0.717, 1.165) is 4.88 Å². The summed E-state index contributed by atoms with van der Waals surface area (Å²) in [4.78, 5) is 13.2. The number of nitrogens with one attached hydrogen (secondary N) is 1. The van der Waals surface area contributed by atoms with Crippen molar-refractivity contribution in [1.29, 1.82) is 0 Å². The highest BCUT2D eigenvalue weighted by molar-refractivity contribution is 7.89. The lowest BCUT2D eigenvalue weighted by molar-refractivity contribution is 0.0730. The average Bonchev–Trinajstić information content (AvgIpc) is 3.16. The monoisotopic (exact) mass is 379 g/mol. The fourth-order valence-electron chi connectivity index (χ4n) is 2.32. The summed E-state index contributed by atoms with van der Waals surface area (Å²) in [5.74, 6) is -0.466. The van der Waals surface area contributed by atoms with Crippen molar-refractivity contribution in [3.63, 3.8) is 0 Å². The summed E-state index contributed by atoms with van der Waals surface area (Å²) in [6.07, 6.45) is 1.54. The van der Waals surface area contributed by atoms with E-state index in [0.29, 0.717) is 26.3 Å². The van der Waals surface area contributed by atoms with Gasteiger partial charge in [0, 0.05) is 23.5 Å². The molecule has 3 rings (SSSR count). The first-order valence-corrected chi connectivity index (χ1v) is 9.94. The number of hydrogen-bond donors (Lipinski definition) is 1. The average molecular weight is 379 g/mol. The van der Waals surface area contributed by atoms with E-state index in [2.05, 4.69) is 10.5 Å². The van der Waals surface area contributed by atoms with Gasteiger partial charge in [0.1, 0.15) is 0 Å². The molecule has 25 heavy (non-hydrogen) atoms. The highest BCUT2D eigenvalue weighted by Gasteiger charge is 2.26. The molecule has 0 saturated carbocycles. The molecule has 1 fully saturated rings. The van der Waals surface area contributed by atoms with Crippen molar-refractivity contribution in [3.8, 4) is 0 Å². The molecular formula is C16H17N3O4S2. The van der Waals surface area contributed by atoms with Gasteiger partial charge in [-0.05, 0) is 29.6 Å². The summed E-state index contributed by atoms with van der Waals surface area (Å²) in [7, 11) is -3.64. The van der Waals surface area contributed by atoms with Crippen LogP contribution in [0, 0.1) is 0 Å². The predicted octanol–water partition coefficient (Wildman–Crippen LogP) is 1.53. The number of carbonyl (C=O) groups is 1. The van der Waals surface area contributed by atoms with E-state index in [9.17, 15) is 13.2 Å². The maximum atomic E-state index is 12.6. The van der Waals surface area contributed by atoms with Gasteiger partial charge in [-0.2, -0.15) is 9.41 Å². The largest absolute Gasteiger partial charge is 0.379 e. The molecule has 2 aromatic rings. The van der Waals surface area contributed by atoms with E-state index in [4.69, 9.17) is 4.74 Å². The zero-order valence-electron chi connectivity index (χ0n) is 13.3. The van der Waals surface area contributed by atoms with Crippen molar-refractivity contribution in [2.24, 2.45) is 5.10 Å². The number of rotatable bonds is 5. The molecule has 7 nitrogen and oxygen atoms in total. The fraction of sp³-hybridized carbons (Fsp3) is 0.250. The molecule has 2 heterocycles. The summed E-state index contributed by atoms with van der Waals surface area (Å²) < 4.78 is 31.8. The minimum Gasteiger partial charge on any atom is -0.379 e. The number of amides is 1. The zero-order valence-corrected chi connectivity index (χ0v) is 14.9. The van der Waals surface area contributed by atoms with Crippen LogP contribution in [0.1, 0.15) is 15.2 Å². The number of sulfonamides is 1. The lowest BCUT2D eigenvalue weighted by Crippen LogP contribution is -2.40. The summed E-state index contributed by atoms with van der Waals surface area (Å²) in [5.41, 5.74) is 2.64. The molecule has 1 aromatic carbocycles. The Balaban J connectivity index is 1.73. The molecule has 1 saturated heterocycles. The second-order valence-electron chi connectivity index (χ2n) is 5.26. The topological polar surface area (TPSA) is 88.1 Å². The number of carbonyl (C=O) groups excluding carboxylic acids is 1. The van der Waals surface area contributed by atoms with Gasteiger partial charge in [0.05, 0.1) is 24.3 Å². The molecule has 0 radical (unpaired) electrons. The maximum Gasteiger partial charge on any atom is 0.271 e. The van der Waals surface area contributed by atoms with Crippen LogP contribution < -0.4 is 5.43 Å². The molecule has 0 unspecified atom stereocenters. The van der Waals surface area contributed by atoms with E-state index in [-0.39, 0.29) is 10.5 Å². The Bertz CT molecular complexity index is 857. The Morgan fingerprint density at radius 3 is 2.76 bits per heavy atom. The van der Waals surface area contributed by atoms with Crippen LogP contribution in [0.25, 0.3) is 0 Å². The Morgan fingerprint density at radius 1 is 1.24 bits per heavy atom. The predicted molar refractivity (Wildman–Crippen MR) is 95.4 cm³/mol. The van der Waals surface area contributed by atoms with Crippen LogP contribution in [0.4, 0.5) is 0 Å². The van der Waals surface area contributed by atoms with Gasteiger partial charge >= 0.3 is 0 Å². The minimum absolute atomic E-state index is 0.0873. The Hall–Kier alpha value is -2.07. The number of nitrogens with zero attached hydrogens (tertiary/aromatic N) is 2. The molecule has 1 aliphatic rings. The van der Waals surface area contributed by atoms with Crippen LogP contribution in [0.15, 0.2) is 51.8 Å². The zero-order chi connectivity index (χ0) is 17.7. The normalized spacial score (nSPS) is 16.2. The van der Waals surface area contributed by atoms with Crippen molar-refractivity contribution < 1.29 is 17.9 Å². The highest BCUT2D eigenvalue weighted by Crippen LogP contribution is 2.18. The van der Waals surface area contributed by atoms with Gasteiger partial charge in [-0.25, -0.2) is 13.8 Å². The number of morpholine rings is 1. The number of benzene rings is 1. The molecule has 0 spiro atoms. The molecule has 1 aliphatic heterocycles. The van der Waals surface area contributed by atoms with Gasteiger partial charge < -0.3 is 4.74 Å². The minimum atomic E-state index is -3.64. The van der Waals surface area contributed by atoms with E-state index in [1.165, 1.54) is 34.0 Å². The van der Waals surface area contributed by atoms with Gasteiger partial charge in [-0.1, -0.05) is 12.1 Å². The smallest absolute Gasteiger partial charge is 0.271 e. The quantitative estimate of drug-likeness (QED) is 0.630. The van der Waals surface area contributed by atoms with Crippen LogP contribution in [0.2, 0.25) is 0 Å². The standard InChI is InChI=1S/C16H17N3O4S2/c20-16(18-17-12-14-4-2-10-24-14)13-3-1-5-15(11-13)25(21,22)19-6-8-23-9-7-19/h1-5,10-12H,6-9H2,(H,18,20)/b17-12+. The van der Waals surface area contributed by atoms with Crippen molar-refractivity contribution >= 4 is 33.5 Å².